The van der Waals surface area contributed by atoms with Crippen LogP contribution in [0.15, 0.2) is 67.1 Å². The molecule has 128 valence electrons. The third-order valence-electron chi connectivity index (χ3n) is 4.09. The van der Waals surface area contributed by atoms with Crippen molar-refractivity contribution in [1.82, 2.24) is 15.0 Å². The SMILES string of the molecule is Cc1ccnc(Nc2ncnc(Nc3cccc4ccccc34)c2N)c1. The number of hydrogen-bond acceptors (Lipinski definition) is 6. The minimum absolute atomic E-state index is 0.434. The Bertz CT molecular complexity index is 1070. The summed E-state index contributed by atoms with van der Waals surface area (Å²) < 4.78 is 0. The summed E-state index contributed by atoms with van der Waals surface area (Å²) in [5, 5.41) is 8.71. The lowest BCUT2D eigenvalue weighted by Gasteiger charge is -2.13. The van der Waals surface area contributed by atoms with Crippen molar-refractivity contribution in [3.8, 4) is 0 Å². The lowest BCUT2D eigenvalue weighted by atomic mass is 10.1. The van der Waals surface area contributed by atoms with Gasteiger partial charge in [-0.05, 0) is 36.1 Å². The average molecular weight is 342 g/mol. The predicted octanol–water partition coefficient (Wildman–Crippen LogP) is 4.40. The molecule has 0 aliphatic carbocycles. The molecule has 0 aliphatic rings. The van der Waals surface area contributed by atoms with Gasteiger partial charge in [0, 0.05) is 17.3 Å². The summed E-state index contributed by atoms with van der Waals surface area (Å²) in [5.41, 5.74) is 8.76. The molecule has 4 N–H and O–H groups in total. The van der Waals surface area contributed by atoms with Crippen molar-refractivity contribution in [1.29, 1.82) is 0 Å². The molecule has 6 heteroatoms. The minimum Gasteiger partial charge on any atom is -0.393 e. The highest BCUT2D eigenvalue weighted by molar-refractivity contribution is 5.96. The van der Waals surface area contributed by atoms with Crippen LogP contribution in [-0.2, 0) is 0 Å². The summed E-state index contributed by atoms with van der Waals surface area (Å²) in [6, 6.07) is 18.1. The molecule has 0 spiro atoms. The van der Waals surface area contributed by atoms with Gasteiger partial charge in [0.2, 0.25) is 0 Å². The van der Waals surface area contributed by atoms with Crippen LogP contribution in [0, 0.1) is 6.92 Å². The summed E-state index contributed by atoms with van der Waals surface area (Å²) in [6.45, 7) is 2.00. The van der Waals surface area contributed by atoms with Crippen molar-refractivity contribution < 1.29 is 0 Å². The predicted molar refractivity (Wildman–Crippen MR) is 106 cm³/mol. The van der Waals surface area contributed by atoms with Crippen LogP contribution < -0.4 is 16.4 Å². The maximum atomic E-state index is 6.28. The van der Waals surface area contributed by atoms with Crippen LogP contribution in [0.3, 0.4) is 0 Å². The first-order chi connectivity index (χ1) is 12.7. The maximum absolute atomic E-state index is 6.28. The zero-order valence-corrected chi connectivity index (χ0v) is 14.3. The van der Waals surface area contributed by atoms with Crippen LogP contribution in [0.4, 0.5) is 28.8 Å². The van der Waals surface area contributed by atoms with E-state index < -0.39 is 0 Å². The Balaban J connectivity index is 1.67. The normalized spacial score (nSPS) is 10.7. The third-order valence-corrected chi connectivity index (χ3v) is 4.09. The molecule has 0 fully saturated rings. The van der Waals surface area contributed by atoms with Crippen LogP contribution in [0.25, 0.3) is 10.8 Å². The van der Waals surface area contributed by atoms with Crippen molar-refractivity contribution in [2.45, 2.75) is 6.92 Å². The molecule has 0 saturated carbocycles. The van der Waals surface area contributed by atoms with Gasteiger partial charge in [-0.3, -0.25) is 0 Å². The molecule has 0 bridgehead atoms. The van der Waals surface area contributed by atoms with Crippen LogP contribution in [0.5, 0.6) is 0 Å². The number of anilines is 5. The molecule has 2 heterocycles. The molecule has 0 saturated heterocycles. The molecule has 0 unspecified atom stereocenters. The van der Waals surface area contributed by atoms with E-state index in [0.717, 1.165) is 22.0 Å². The molecule has 4 aromatic rings. The molecule has 0 amide bonds. The molecule has 2 aromatic carbocycles. The molecule has 6 nitrogen and oxygen atoms in total. The number of nitrogens with zero attached hydrogens (tertiary/aromatic N) is 3. The highest BCUT2D eigenvalue weighted by Gasteiger charge is 2.10. The molecule has 0 atom stereocenters. The van der Waals surface area contributed by atoms with E-state index >= 15 is 0 Å². The van der Waals surface area contributed by atoms with E-state index in [0.29, 0.717) is 23.1 Å². The second-order valence-corrected chi connectivity index (χ2v) is 5.98. The maximum Gasteiger partial charge on any atom is 0.160 e. The third kappa shape index (κ3) is 3.12. The summed E-state index contributed by atoms with van der Waals surface area (Å²) in [7, 11) is 0. The fourth-order valence-corrected chi connectivity index (χ4v) is 2.78. The first-order valence-electron chi connectivity index (χ1n) is 8.25. The van der Waals surface area contributed by atoms with Gasteiger partial charge in [-0.25, -0.2) is 15.0 Å². The van der Waals surface area contributed by atoms with Crippen molar-refractivity contribution in [3.63, 3.8) is 0 Å². The monoisotopic (exact) mass is 342 g/mol. The number of benzene rings is 2. The number of rotatable bonds is 4. The Labute approximate surface area is 151 Å². The van der Waals surface area contributed by atoms with Gasteiger partial charge in [-0.2, -0.15) is 0 Å². The first-order valence-corrected chi connectivity index (χ1v) is 8.25. The largest absolute Gasteiger partial charge is 0.393 e. The fourth-order valence-electron chi connectivity index (χ4n) is 2.78. The van der Waals surface area contributed by atoms with Crippen molar-refractivity contribution >= 4 is 39.6 Å². The summed E-state index contributed by atoms with van der Waals surface area (Å²) >= 11 is 0. The summed E-state index contributed by atoms with van der Waals surface area (Å²) in [4.78, 5) is 12.8. The topological polar surface area (TPSA) is 88.8 Å². The highest BCUT2D eigenvalue weighted by Crippen LogP contribution is 2.30. The van der Waals surface area contributed by atoms with Gasteiger partial charge >= 0.3 is 0 Å². The van der Waals surface area contributed by atoms with Gasteiger partial charge < -0.3 is 16.4 Å². The number of aromatic nitrogens is 3. The zero-order valence-electron chi connectivity index (χ0n) is 14.3. The molecular formula is C20H18N6. The fraction of sp³-hybridized carbons (Fsp3) is 0.0500. The quantitative estimate of drug-likeness (QED) is 0.509. The number of nitrogens with one attached hydrogen (secondary N) is 2. The van der Waals surface area contributed by atoms with E-state index in [1.165, 1.54) is 6.33 Å². The smallest absolute Gasteiger partial charge is 0.160 e. The van der Waals surface area contributed by atoms with Crippen molar-refractivity contribution in [2.75, 3.05) is 16.4 Å². The molecule has 4 rings (SSSR count). The van der Waals surface area contributed by atoms with Crippen LogP contribution in [0.2, 0.25) is 0 Å². The molecule has 26 heavy (non-hydrogen) atoms. The van der Waals surface area contributed by atoms with E-state index in [2.05, 4.69) is 43.8 Å². The number of pyridine rings is 1. The van der Waals surface area contributed by atoms with E-state index in [1.54, 1.807) is 6.20 Å². The Morgan fingerprint density at radius 1 is 0.846 bits per heavy atom. The van der Waals surface area contributed by atoms with E-state index in [4.69, 9.17) is 5.73 Å². The average Bonchev–Trinajstić information content (AvgIpc) is 2.65. The van der Waals surface area contributed by atoms with E-state index in [1.807, 2.05) is 43.3 Å². The van der Waals surface area contributed by atoms with Crippen LogP contribution in [-0.4, -0.2) is 15.0 Å². The first kappa shape index (κ1) is 15.8. The number of nitrogen functional groups attached to an aromatic ring is 1. The Kier molecular flexibility index (Phi) is 4.07. The Morgan fingerprint density at radius 3 is 2.46 bits per heavy atom. The van der Waals surface area contributed by atoms with Gasteiger partial charge in [0.1, 0.15) is 17.8 Å². The number of fused-ring (bicyclic) bond motifs is 1. The number of aryl methyl sites for hydroxylation is 1. The summed E-state index contributed by atoms with van der Waals surface area (Å²) in [5.74, 6) is 1.75. The second kappa shape index (κ2) is 6.68. The minimum atomic E-state index is 0.434. The molecular weight excluding hydrogens is 324 g/mol. The van der Waals surface area contributed by atoms with Crippen LogP contribution >= 0.6 is 0 Å². The molecule has 2 aromatic heterocycles. The van der Waals surface area contributed by atoms with Gasteiger partial charge in [-0.1, -0.05) is 36.4 Å². The zero-order chi connectivity index (χ0) is 17.9. The number of hydrogen-bond donors (Lipinski definition) is 3. The van der Waals surface area contributed by atoms with Gasteiger partial charge in [0.05, 0.1) is 0 Å². The van der Waals surface area contributed by atoms with E-state index in [-0.39, 0.29) is 0 Å². The van der Waals surface area contributed by atoms with Gasteiger partial charge in [0.25, 0.3) is 0 Å². The Morgan fingerprint density at radius 2 is 1.62 bits per heavy atom. The standard InChI is InChI=1S/C20H18N6/c1-13-9-10-22-17(11-13)26-20-18(21)19(23-12-24-20)25-16-8-4-6-14-5-2-3-7-15(14)16/h2-12H,21H2,1H3,(H2,22,23,24,25,26). The van der Waals surface area contributed by atoms with Crippen molar-refractivity contribution in [2.24, 2.45) is 0 Å². The highest BCUT2D eigenvalue weighted by atomic mass is 15.1. The second-order valence-electron chi connectivity index (χ2n) is 5.98. The van der Waals surface area contributed by atoms with Crippen molar-refractivity contribution in [3.05, 3.63) is 72.7 Å². The lowest BCUT2D eigenvalue weighted by molar-refractivity contribution is 1.16. The van der Waals surface area contributed by atoms with Gasteiger partial charge in [0.15, 0.2) is 11.6 Å². The molecule has 0 aliphatic heterocycles. The Hall–Kier alpha value is -3.67. The van der Waals surface area contributed by atoms with Crippen LogP contribution in [0.1, 0.15) is 5.56 Å². The number of nitrogens with two attached hydrogens (primary N) is 1. The van der Waals surface area contributed by atoms with Gasteiger partial charge in [-0.15, -0.1) is 0 Å². The molecule has 0 radical (unpaired) electrons. The summed E-state index contributed by atoms with van der Waals surface area (Å²) in [6.07, 6.45) is 3.21. The lowest BCUT2D eigenvalue weighted by Crippen LogP contribution is -2.06. The van der Waals surface area contributed by atoms with E-state index in [9.17, 15) is 0 Å².